The first-order valence-electron chi connectivity index (χ1n) is 7.51. The number of rotatable bonds is 6. The first kappa shape index (κ1) is 16.7. The fourth-order valence-corrected chi connectivity index (χ4v) is 2.66. The molecule has 3 aromatic rings. The number of hydrogen-bond donors (Lipinski definition) is 0. The summed E-state index contributed by atoms with van der Waals surface area (Å²) in [5.74, 6) is 0.236. The van der Waals surface area contributed by atoms with Gasteiger partial charge in [0.15, 0.2) is 0 Å². The van der Waals surface area contributed by atoms with E-state index < -0.39 is 5.97 Å². The highest BCUT2D eigenvalue weighted by Gasteiger charge is 2.08. The number of esters is 1. The molecular formula is C19H14N2O3S. The molecule has 0 fully saturated rings. The Kier molecular flexibility index (Phi) is 5.39. The third-order valence-corrected chi connectivity index (χ3v) is 4.02. The van der Waals surface area contributed by atoms with Gasteiger partial charge in [-0.15, -0.1) is 11.3 Å². The summed E-state index contributed by atoms with van der Waals surface area (Å²) in [5, 5.41) is 10.8. The average Bonchev–Trinajstić information content (AvgIpc) is 3.18. The maximum absolute atomic E-state index is 12.1. The SMILES string of the molecule is N#Cc1cccc(COC(=O)c2ccc(OCc3cscn3)cc2)c1. The second-order valence-electron chi connectivity index (χ2n) is 5.18. The minimum absolute atomic E-state index is 0.121. The molecule has 0 aliphatic carbocycles. The minimum atomic E-state index is -0.423. The number of carbonyl (C=O) groups excluding carboxylic acids is 1. The van der Waals surface area contributed by atoms with Crippen LogP contribution in [-0.4, -0.2) is 11.0 Å². The van der Waals surface area contributed by atoms with E-state index in [0.717, 1.165) is 11.3 Å². The van der Waals surface area contributed by atoms with Gasteiger partial charge in [0.2, 0.25) is 0 Å². The van der Waals surface area contributed by atoms with Gasteiger partial charge in [0.25, 0.3) is 0 Å². The van der Waals surface area contributed by atoms with Crippen molar-refractivity contribution in [1.82, 2.24) is 4.98 Å². The van der Waals surface area contributed by atoms with Gasteiger partial charge in [0, 0.05) is 5.38 Å². The summed E-state index contributed by atoms with van der Waals surface area (Å²) >= 11 is 1.52. The topological polar surface area (TPSA) is 72.2 Å². The molecule has 1 heterocycles. The van der Waals surface area contributed by atoms with Crippen LogP contribution < -0.4 is 4.74 Å². The second-order valence-corrected chi connectivity index (χ2v) is 5.90. The zero-order valence-corrected chi connectivity index (χ0v) is 14.0. The van der Waals surface area contributed by atoms with Crippen molar-refractivity contribution in [2.75, 3.05) is 0 Å². The molecule has 0 aliphatic heterocycles. The Balaban J connectivity index is 1.54. The van der Waals surface area contributed by atoms with Crippen LogP contribution in [0.5, 0.6) is 5.75 Å². The van der Waals surface area contributed by atoms with Gasteiger partial charge in [-0.1, -0.05) is 12.1 Å². The highest BCUT2D eigenvalue weighted by molar-refractivity contribution is 7.07. The molecule has 25 heavy (non-hydrogen) atoms. The lowest BCUT2D eigenvalue weighted by molar-refractivity contribution is 0.0472. The van der Waals surface area contributed by atoms with Gasteiger partial charge in [-0.2, -0.15) is 5.26 Å². The molecule has 1 aromatic heterocycles. The normalized spacial score (nSPS) is 10.0. The number of aromatic nitrogens is 1. The zero-order valence-electron chi connectivity index (χ0n) is 13.2. The number of nitrogens with zero attached hydrogens (tertiary/aromatic N) is 2. The molecule has 6 heteroatoms. The van der Waals surface area contributed by atoms with Crippen LogP contribution in [-0.2, 0) is 18.0 Å². The van der Waals surface area contributed by atoms with Crippen LogP contribution >= 0.6 is 11.3 Å². The summed E-state index contributed by atoms with van der Waals surface area (Å²) in [6.45, 7) is 0.513. The molecule has 0 atom stereocenters. The molecule has 0 unspecified atom stereocenters. The second kappa shape index (κ2) is 8.08. The van der Waals surface area contributed by atoms with Crippen molar-refractivity contribution in [3.05, 3.63) is 81.8 Å². The maximum Gasteiger partial charge on any atom is 0.338 e. The van der Waals surface area contributed by atoms with Gasteiger partial charge in [-0.25, -0.2) is 9.78 Å². The minimum Gasteiger partial charge on any atom is -0.487 e. The van der Waals surface area contributed by atoms with E-state index in [1.807, 2.05) is 11.4 Å². The van der Waals surface area contributed by atoms with Crippen LogP contribution in [0.3, 0.4) is 0 Å². The Hall–Kier alpha value is -3.17. The van der Waals surface area contributed by atoms with E-state index in [1.165, 1.54) is 11.3 Å². The van der Waals surface area contributed by atoms with Crippen LogP contribution in [0.1, 0.15) is 27.2 Å². The van der Waals surface area contributed by atoms with E-state index >= 15 is 0 Å². The Morgan fingerprint density at radius 2 is 2.00 bits per heavy atom. The van der Waals surface area contributed by atoms with Crippen molar-refractivity contribution >= 4 is 17.3 Å². The van der Waals surface area contributed by atoms with Crippen LogP contribution in [0, 0.1) is 11.3 Å². The van der Waals surface area contributed by atoms with E-state index in [2.05, 4.69) is 11.1 Å². The van der Waals surface area contributed by atoms with Gasteiger partial charge in [0.05, 0.1) is 28.4 Å². The van der Waals surface area contributed by atoms with E-state index in [9.17, 15) is 4.79 Å². The summed E-state index contributed by atoms with van der Waals surface area (Å²) < 4.78 is 10.9. The maximum atomic E-state index is 12.1. The number of thiazole rings is 1. The summed E-state index contributed by atoms with van der Waals surface area (Å²) in [6, 6.07) is 15.8. The summed E-state index contributed by atoms with van der Waals surface area (Å²) in [4.78, 5) is 16.2. The first-order chi connectivity index (χ1) is 12.2. The third kappa shape index (κ3) is 4.66. The van der Waals surface area contributed by atoms with Crippen LogP contribution in [0.15, 0.2) is 59.4 Å². The molecule has 5 nitrogen and oxygen atoms in total. The lowest BCUT2D eigenvalue weighted by Gasteiger charge is -2.07. The molecule has 0 saturated carbocycles. The van der Waals surface area contributed by atoms with Crippen molar-refractivity contribution in [1.29, 1.82) is 5.26 Å². The van der Waals surface area contributed by atoms with Gasteiger partial charge in [-0.05, 0) is 42.0 Å². The summed E-state index contributed by atoms with van der Waals surface area (Å²) in [6.07, 6.45) is 0. The number of carbonyl (C=O) groups is 1. The quantitative estimate of drug-likeness (QED) is 0.629. The third-order valence-electron chi connectivity index (χ3n) is 3.39. The molecule has 2 aromatic carbocycles. The predicted octanol–water partition coefficient (Wildman–Crippen LogP) is 3.95. The molecule has 0 bridgehead atoms. The van der Waals surface area contributed by atoms with Crippen LogP contribution in [0.25, 0.3) is 0 Å². The number of ether oxygens (including phenoxy) is 2. The van der Waals surface area contributed by atoms with E-state index in [1.54, 1.807) is 48.0 Å². The fourth-order valence-electron chi connectivity index (χ4n) is 2.12. The molecule has 0 spiro atoms. The first-order valence-corrected chi connectivity index (χ1v) is 8.45. The zero-order chi connectivity index (χ0) is 17.5. The van der Waals surface area contributed by atoms with Crippen LogP contribution in [0.2, 0.25) is 0 Å². The van der Waals surface area contributed by atoms with Crippen molar-refractivity contribution < 1.29 is 14.3 Å². The number of hydrogen-bond acceptors (Lipinski definition) is 6. The monoisotopic (exact) mass is 350 g/mol. The largest absolute Gasteiger partial charge is 0.487 e. The number of benzene rings is 2. The molecule has 3 rings (SSSR count). The van der Waals surface area contributed by atoms with Gasteiger partial charge in [0.1, 0.15) is 19.0 Å². The van der Waals surface area contributed by atoms with Crippen molar-refractivity contribution in [2.45, 2.75) is 13.2 Å². The standard InChI is InChI=1S/C19H14N2O3S/c20-9-14-2-1-3-15(8-14)10-24-19(22)16-4-6-18(7-5-16)23-11-17-12-25-13-21-17/h1-8,12-13H,10-11H2. The molecule has 0 N–H and O–H groups in total. The van der Waals surface area contributed by atoms with Gasteiger partial charge in [-0.3, -0.25) is 0 Å². The van der Waals surface area contributed by atoms with E-state index in [-0.39, 0.29) is 6.61 Å². The Bertz CT molecular complexity index is 884. The lowest BCUT2D eigenvalue weighted by Crippen LogP contribution is -2.05. The highest BCUT2D eigenvalue weighted by atomic mass is 32.1. The smallest absolute Gasteiger partial charge is 0.338 e. The van der Waals surface area contributed by atoms with Gasteiger partial charge >= 0.3 is 5.97 Å². The lowest BCUT2D eigenvalue weighted by atomic mass is 10.1. The van der Waals surface area contributed by atoms with Gasteiger partial charge < -0.3 is 9.47 Å². The molecule has 124 valence electrons. The highest BCUT2D eigenvalue weighted by Crippen LogP contribution is 2.16. The number of nitriles is 1. The van der Waals surface area contributed by atoms with Crippen molar-refractivity contribution in [3.63, 3.8) is 0 Å². The molecule has 0 amide bonds. The average molecular weight is 350 g/mol. The van der Waals surface area contributed by atoms with Crippen molar-refractivity contribution in [3.8, 4) is 11.8 Å². The fraction of sp³-hybridized carbons (Fsp3) is 0.105. The Labute approximate surface area is 149 Å². The van der Waals surface area contributed by atoms with E-state index in [4.69, 9.17) is 14.7 Å². The molecular weight excluding hydrogens is 336 g/mol. The van der Waals surface area contributed by atoms with E-state index in [0.29, 0.717) is 23.5 Å². The summed E-state index contributed by atoms with van der Waals surface area (Å²) in [5.41, 5.74) is 4.38. The van der Waals surface area contributed by atoms with Crippen LogP contribution in [0.4, 0.5) is 0 Å². The molecule has 0 aliphatic rings. The predicted molar refractivity (Wildman–Crippen MR) is 93.2 cm³/mol. The Morgan fingerprint density at radius 3 is 2.72 bits per heavy atom. The van der Waals surface area contributed by atoms with Crippen molar-refractivity contribution in [2.24, 2.45) is 0 Å². The molecule has 0 saturated heterocycles. The molecule has 0 radical (unpaired) electrons. The summed E-state index contributed by atoms with van der Waals surface area (Å²) in [7, 11) is 0. The Morgan fingerprint density at radius 1 is 1.16 bits per heavy atom.